The molecule has 0 bridgehead atoms. The van der Waals surface area contributed by atoms with E-state index in [0.717, 1.165) is 37.8 Å². The highest BCUT2D eigenvalue weighted by Crippen LogP contribution is 2.30. The molecule has 3 N–H and O–H groups in total. The number of nitro benzene ring substituents is 1. The van der Waals surface area contributed by atoms with Crippen LogP contribution in [0.4, 0.5) is 20.2 Å². The zero-order chi connectivity index (χ0) is 14.7. The highest BCUT2D eigenvalue weighted by atomic mass is 19.1. The number of hydrogen-bond donors (Lipinski definition) is 2. The van der Waals surface area contributed by atoms with Crippen LogP contribution in [0.3, 0.4) is 0 Å². The van der Waals surface area contributed by atoms with Gasteiger partial charge < -0.3 is 11.1 Å². The fraction of sp³-hybridized carbons (Fsp3) is 0.538. The molecule has 1 aromatic rings. The van der Waals surface area contributed by atoms with E-state index in [4.69, 9.17) is 5.73 Å². The lowest BCUT2D eigenvalue weighted by atomic mass is 9.84. The van der Waals surface area contributed by atoms with Gasteiger partial charge in [0.1, 0.15) is 5.69 Å². The van der Waals surface area contributed by atoms with Crippen LogP contribution in [0.25, 0.3) is 0 Å². The molecule has 5 nitrogen and oxygen atoms in total. The molecule has 0 spiro atoms. The van der Waals surface area contributed by atoms with Crippen molar-refractivity contribution in [1.29, 1.82) is 0 Å². The molecular formula is C13H17F2N3O2. The summed E-state index contributed by atoms with van der Waals surface area (Å²) in [5.74, 6) is -1.73. The number of anilines is 1. The third-order valence-electron chi connectivity index (χ3n) is 3.78. The summed E-state index contributed by atoms with van der Waals surface area (Å²) >= 11 is 0. The molecular weight excluding hydrogens is 268 g/mol. The number of nitrogens with zero attached hydrogens (tertiary/aromatic N) is 1. The molecule has 1 aliphatic carbocycles. The third kappa shape index (κ3) is 3.04. The predicted octanol–water partition coefficient (Wildman–Crippen LogP) is 2.80. The quantitative estimate of drug-likeness (QED) is 0.658. The first-order chi connectivity index (χ1) is 9.52. The van der Waals surface area contributed by atoms with Crippen LogP contribution in [0.2, 0.25) is 0 Å². The predicted molar refractivity (Wildman–Crippen MR) is 71.4 cm³/mol. The van der Waals surface area contributed by atoms with Crippen molar-refractivity contribution in [2.24, 2.45) is 11.7 Å². The Kier molecular flexibility index (Phi) is 4.49. The van der Waals surface area contributed by atoms with Crippen LogP contribution in [-0.4, -0.2) is 17.5 Å². The molecule has 110 valence electrons. The Morgan fingerprint density at radius 2 is 1.90 bits per heavy atom. The molecule has 2 atom stereocenters. The molecule has 2 rings (SSSR count). The number of non-ortho nitro benzene ring substituents is 1. The van der Waals surface area contributed by atoms with Gasteiger partial charge in [0.05, 0.1) is 17.1 Å². The fourth-order valence-corrected chi connectivity index (χ4v) is 2.67. The average Bonchev–Trinajstić information content (AvgIpc) is 2.42. The van der Waals surface area contributed by atoms with Gasteiger partial charge in [0.15, 0.2) is 11.6 Å². The van der Waals surface area contributed by atoms with Crippen molar-refractivity contribution >= 4 is 11.4 Å². The van der Waals surface area contributed by atoms with Crippen LogP contribution in [0, 0.1) is 27.7 Å². The summed E-state index contributed by atoms with van der Waals surface area (Å²) < 4.78 is 27.6. The second kappa shape index (κ2) is 6.13. The highest BCUT2D eigenvalue weighted by molar-refractivity contribution is 5.52. The van der Waals surface area contributed by atoms with Crippen molar-refractivity contribution in [3.8, 4) is 0 Å². The number of nitrogens with two attached hydrogens (primary N) is 1. The SMILES string of the molecule is NCC1CCCCC1Nc1c(F)cc([N+](=O)[O-])cc1F. The van der Waals surface area contributed by atoms with Crippen LogP contribution < -0.4 is 11.1 Å². The summed E-state index contributed by atoms with van der Waals surface area (Å²) in [5, 5.41) is 13.4. The van der Waals surface area contributed by atoms with Crippen molar-refractivity contribution in [2.75, 3.05) is 11.9 Å². The first kappa shape index (κ1) is 14.6. The molecule has 1 saturated carbocycles. The van der Waals surface area contributed by atoms with E-state index in [9.17, 15) is 18.9 Å². The van der Waals surface area contributed by atoms with Gasteiger partial charge in [-0.05, 0) is 25.3 Å². The minimum Gasteiger partial charge on any atom is -0.377 e. The summed E-state index contributed by atoms with van der Waals surface area (Å²) in [5.41, 5.74) is 4.77. The van der Waals surface area contributed by atoms with Gasteiger partial charge in [0.25, 0.3) is 5.69 Å². The molecule has 1 aliphatic rings. The van der Waals surface area contributed by atoms with E-state index in [1.165, 1.54) is 0 Å². The van der Waals surface area contributed by atoms with Crippen LogP contribution in [0.1, 0.15) is 25.7 Å². The minimum absolute atomic E-state index is 0.0980. The summed E-state index contributed by atoms with van der Waals surface area (Å²) in [6, 6.07) is 1.36. The van der Waals surface area contributed by atoms with Gasteiger partial charge in [0, 0.05) is 6.04 Å². The largest absolute Gasteiger partial charge is 0.377 e. The summed E-state index contributed by atoms with van der Waals surface area (Å²) in [4.78, 5) is 9.72. The van der Waals surface area contributed by atoms with E-state index in [-0.39, 0.29) is 17.6 Å². The Hall–Kier alpha value is -1.76. The van der Waals surface area contributed by atoms with E-state index >= 15 is 0 Å². The van der Waals surface area contributed by atoms with Gasteiger partial charge >= 0.3 is 0 Å². The molecule has 0 aliphatic heterocycles. The Labute approximate surface area is 115 Å². The number of nitrogens with one attached hydrogen (secondary N) is 1. The lowest BCUT2D eigenvalue weighted by Crippen LogP contribution is -2.37. The van der Waals surface area contributed by atoms with Gasteiger partial charge in [0.2, 0.25) is 0 Å². The van der Waals surface area contributed by atoms with Crippen molar-refractivity contribution in [3.63, 3.8) is 0 Å². The first-order valence-electron chi connectivity index (χ1n) is 6.63. The van der Waals surface area contributed by atoms with Crippen LogP contribution >= 0.6 is 0 Å². The Morgan fingerprint density at radius 3 is 2.45 bits per heavy atom. The van der Waals surface area contributed by atoms with Gasteiger partial charge in [-0.1, -0.05) is 12.8 Å². The number of halogens is 2. The molecule has 0 saturated heterocycles. The van der Waals surface area contributed by atoms with Crippen LogP contribution in [0.15, 0.2) is 12.1 Å². The topological polar surface area (TPSA) is 81.2 Å². The van der Waals surface area contributed by atoms with Gasteiger partial charge in [-0.3, -0.25) is 10.1 Å². The molecule has 20 heavy (non-hydrogen) atoms. The molecule has 2 unspecified atom stereocenters. The van der Waals surface area contributed by atoms with Crippen molar-refractivity contribution in [1.82, 2.24) is 0 Å². The number of benzene rings is 1. The second-order valence-electron chi connectivity index (χ2n) is 5.07. The maximum atomic E-state index is 13.8. The lowest BCUT2D eigenvalue weighted by Gasteiger charge is -2.32. The average molecular weight is 285 g/mol. The number of rotatable bonds is 4. The van der Waals surface area contributed by atoms with Gasteiger partial charge in [-0.25, -0.2) is 8.78 Å². The minimum atomic E-state index is -0.946. The van der Waals surface area contributed by atoms with Gasteiger partial charge in [-0.15, -0.1) is 0 Å². The summed E-state index contributed by atoms with van der Waals surface area (Å²) in [7, 11) is 0. The van der Waals surface area contributed by atoms with Gasteiger partial charge in [-0.2, -0.15) is 0 Å². The molecule has 0 aromatic heterocycles. The second-order valence-corrected chi connectivity index (χ2v) is 5.07. The van der Waals surface area contributed by atoms with Crippen LogP contribution in [-0.2, 0) is 0 Å². The summed E-state index contributed by atoms with van der Waals surface area (Å²) in [6.45, 7) is 0.452. The molecule has 7 heteroatoms. The van der Waals surface area contributed by atoms with E-state index in [2.05, 4.69) is 5.32 Å². The third-order valence-corrected chi connectivity index (χ3v) is 3.78. The summed E-state index contributed by atoms with van der Waals surface area (Å²) in [6.07, 6.45) is 3.75. The van der Waals surface area contributed by atoms with Crippen molar-refractivity contribution < 1.29 is 13.7 Å². The zero-order valence-electron chi connectivity index (χ0n) is 10.9. The van der Waals surface area contributed by atoms with E-state index in [1.54, 1.807) is 0 Å². The Morgan fingerprint density at radius 1 is 1.30 bits per heavy atom. The van der Waals surface area contributed by atoms with Crippen LogP contribution in [0.5, 0.6) is 0 Å². The monoisotopic (exact) mass is 285 g/mol. The standard InChI is InChI=1S/C13H17F2N3O2/c14-10-5-9(18(19)20)6-11(15)13(10)17-12-4-2-1-3-8(12)7-16/h5-6,8,12,17H,1-4,7,16H2. The maximum absolute atomic E-state index is 13.8. The Bertz CT molecular complexity index is 487. The fourth-order valence-electron chi connectivity index (χ4n) is 2.67. The highest BCUT2D eigenvalue weighted by Gasteiger charge is 2.26. The van der Waals surface area contributed by atoms with E-state index in [1.807, 2.05) is 0 Å². The Balaban J connectivity index is 2.22. The smallest absolute Gasteiger partial charge is 0.275 e. The normalized spacial score (nSPS) is 22.6. The number of hydrogen-bond acceptors (Lipinski definition) is 4. The molecule has 1 fully saturated rings. The molecule has 0 radical (unpaired) electrons. The number of nitro groups is 1. The van der Waals surface area contributed by atoms with E-state index < -0.39 is 22.2 Å². The first-order valence-corrected chi connectivity index (χ1v) is 6.63. The van der Waals surface area contributed by atoms with E-state index in [0.29, 0.717) is 6.54 Å². The maximum Gasteiger partial charge on any atom is 0.275 e. The van der Waals surface area contributed by atoms with Crippen molar-refractivity contribution in [2.45, 2.75) is 31.7 Å². The molecule has 1 aromatic carbocycles. The molecule has 0 heterocycles. The van der Waals surface area contributed by atoms with Crippen molar-refractivity contribution in [3.05, 3.63) is 33.9 Å². The lowest BCUT2D eigenvalue weighted by molar-refractivity contribution is -0.385. The zero-order valence-corrected chi connectivity index (χ0v) is 10.9. The molecule has 0 amide bonds.